The monoisotopic (exact) mass is 271 g/mol. The lowest BCUT2D eigenvalue weighted by Gasteiger charge is -2.13. The van der Waals surface area contributed by atoms with Crippen molar-refractivity contribution in [2.75, 3.05) is 25.5 Å². The zero-order valence-corrected chi connectivity index (χ0v) is 11.5. The Morgan fingerprint density at radius 2 is 2.28 bits per heavy atom. The number of halogens is 1. The summed E-state index contributed by atoms with van der Waals surface area (Å²) < 4.78 is 5.33. The minimum Gasteiger partial charge on any atom is -0.377 e. The fraction of sp³-hybridized carbons (Fsp3) is 0.500. The summed E-state index contributed by atoms with van der Waals surface area (Å²) >= 11 is 5.83. The maximum Gasteiger partial charge on any atom is 0.251 e. The molecule has 1 amide bonds. The van der Waals surface area contributed by atoms with Crippen LogP contribution in [-0.2, 0) is 4.74 Å². The number of hydrogen-bond donors (Lipinski definition) is 2. The van der Waals surface area contributed by atoms with Crippen molar-refractivity contribution < 1.29 is 9.53 Å². The summed E-state index contributed by atoms with van der Waals surface area (Å²) in [5.41, 5.74) is 0.475. The van der Waals surface area contributed by atoms with Gasteiger partial charge in [-0.25, -0.2) is 4.98 Å². The lowest BCUT2D eigenvalue weighted by molar-refractivity contribution is 0.0695. The Kier molecular flexibility index (Phi) is 5.88. The second-order valence-corrected chi connectivity index (χ2v) is 4.18. The summed E-state index contributed by atoms with van der Waals surface area (Å²) in [5.74, 6) is 0.368. The van der Waals surface area contributed by atoms with Gasteiger partial charge in [-0.1, -0.05) is 11.6 Å². The summed E-state index contributed by atoms with van der Waals surface area (Å²) in [6.45, 7) is 4.91. The van der Waals surface area contributed by atoms with Gasteiger partial charge < -0.3 is 15.4 Å². The third-order valence-corrected chi connectivity index (χ3v) is 2.51. The lowest BCUT2D eigenvalue weighted by Crippen LogP contribution is -2.32. The van der Waals surface area contributed by atoms with Gasteiger partial charge in [0.1, 0.15) is 11.0 Å². The molecule has 0 aliphatic carbocycles. The van der Waals surface area contributed by atoms with Crippen LogP contribution in [-0.4, -0.2) is 37.2 Å². The minimum absolute atomic E-state index is 0.0139. The quantitative estimate of drug-likeness (QED) is 0.776. The van der Waals surface area contributed by atoms with E-state index < -0.39 is 0 Å². The first-order valence-electron chi connectivity index (χ1n) is 5.82. The van der Waals surface area contributed by atoms with Crippen LogP contribution in [0.4, 0.5) is 5.82 Å². The first kappa shape index (κ1) is 14.7. The lowest BCUT2D eigenvalue weighted by atomic mass is 10.2. The van der Waals surface area contributed by atoms with E-state index in [-0.39, 0.29) is 17.2 Å². The SMILES string of the molecule is CCOC(C)CNC(=O)c1cc(Cl)nc(NC)c1. The van der Waals surface area contributed by atoms with Gasteiger partial charge in [-0.05, 0) is 26.0 Å². The summed E-state index contributed by atoms with van der Waals surface area (Å²) in [7, 11) is 1.72. The number of hydrogen-bond acceptors (Lipinski definition) is 4. The van der Waals surface area contributed by atoms with E-state index >= 15 is 0 Å². The van der Waals surface area contributed by atoms with Gasteiger partial charge >= 0.3 is 0 Å². The Labute approximate surface area is 112 Å². The van der Waals surface area contributed by atoms with Crippen LogP contribution in [0, 0.1) is 0 Å². The zero-order chi connectivity index (χ0) is 13.5. The van der Waals surface area contributed by atoms with E-state index in [1.54, 1.807) is 13.1 Å². The van der Waals surface area contributed by atoms with Crippen LogP contribution >= 0.6 is 11.6 Å². The minimum atomic E-state index is -0.192. The number of nitrogens with zero attached hydrogens (tertiary/aromatic N) is 1. The first-order valence-corrected chi connectivity index (χ1v) is 6.19. The maximum absolute atomic E-state index is 11.9. The van der Waals surface area contributed by atoms with E-state index in [4.69, 9.17) is 16.3 Å². The molecule has 1 aromatic heterocycles. The molecule has 1 aromatic rings. The molecule has 0 saturated heterocycles. The van der Waals surface area contributed by atoms with E-state index in [1.807, 2.05) is 13.8 Å². The molecule has 1 unspecified atom stereocenters. The number of pyridine rings is 1. The maximum atomic E-state index is 11.9. The van der Waals surface area contributed by atoms with Crippen LogP contribution in [0.5, 0.6) is 0 Å². The molecule has 0 radical (unpaired) electrons. The van der Waals surface area contributed by atoms with E-state index in [0.29, 0.717) is 24.5 Å². The smallest absolute Gasteiger partial charge is 0.251 e. The van der Waals surface area contributed by atoms with Gasteiger partial charge in [-0.15, -0.1) is 0 Å². The highest BCUT2D eigenvalue weighted by molar-refractivity contribution is 6.29. The Hall–Kier alpha value is -1.33. The molecule has 0 aliphatic heterocycles. The second kappa shape index (κ2) is 7.18. The molecule has 1 atom stereocenters. The summed E-state index contributed by atoms with van der Waals surface area (Å²) in [6.07, 6.45) is -0.0139. The summed E-state index contributed by atoms with van der Waals surface area (Å²) in [5, 5.41) is 5.91. The highest BCUT2D eigenvalue weighted by atomic mass is 35.5. The van der Waals surface area contributed by atoms with Crippen molar-refractivity contribution in [2.45, 2.75) is 20.0 Å². The number of nitrogens with one attached hydrogen (secondary N) is 2. The standard InChI is InChI=1S/C12H18ClN3O2/c1-4-18-8(2)7-15-12(17)9-5-10(13)16-11(6-9)14-3/h5-6,8H,4,7H2,1-3H3,(H,14,16)(H,15,17). The van der Waals surface area contributed by atoms with Crippen molar-refractivity contribution in [2.24, 2.45) is 0 Å². The molecule has 0 aliphatic rings. The number of aromatic nitrogens is 1. The molecule has 1 rings (SSSR count). The molecular formula is C12H18ClN3O2. The van der Waals surface area contributed by atoms with Gasteiger partial charge in [-0.3, -0.25) is 4.79 Å². The predicted octanol–water partition coefficient (Wildman–Crippen LogP) is 1.93. The molecule has 0 spiro atoms. The average Bonchev–Trinajstić information content (AvgIpc) is 2.35. The Morgan fingerprint density at radius 3 is 2.89 bits per heavy atom. The van der Waals surface area contributed by atoms with Crippen LogP contribution in [0.15, 0.2) is 12.1 Å². The highest BCUT2D eigenvalue weighted by Crippen LogP contribution is 2.13. The number of ether oxygens (including phenoxy) is 1. The number of rotatable bonds is 6. The molecule has 0 aromatic carbocycles. The van der Waals surface area contributed by atoms with Crippen molar-refractivity contribution in [3.05, 3.63) is 22.8 Å². The van der Waals surface area contributed by atoms with Crippen LogP contribution in [0.25, 0.3) is 0 Å². The zero-order valence-electron chi connectivity index (χ0n) is 10.8. The van der Waals surface area contributed by atoms with Crippen molar-refractivity contribution in [3.63, 3.8) is 0 Å². The van der Waals surface area contributed by atoms with Crippen molar-refractivity contribution in [1.29, 1.82) is 0 Å². The Balaban J connectivity index is 2.63. The van der Waals surface area contributed by atoms with E-state index in [9.17, 15) is 4.79 Å². The highest BCUT2D eigenvalue weighted by Gasteiger charge is 2.10. The molecule has 1 heterocycles. The Morgan fingerprint density at radius 1 is 1.56 bits per heavy atom. The fourth-order valence-corrected chi connectivity index (χ4v) is 1.65. The normalized spacial score (nSPS) is 12.0. The van der Waals surface area contributed by atoms with Gasteiger partial charge in [-0.2, -0.15) is 0 Å². The van der Waals surface area contributed by atoms with E-state index in [0.717, 1.165) is 0 Å². The van der Waals surface area contributed by atoms with E-state index in [2.05, 4.69) is 15.6 Å². The van der Waals surface area contributed by atoms with Crippen molar-refractivity contribution in [1.82, 2.24) is 10.3 Å². The molecule has 6 heteroatoms. The van der Waals surface area contributed by atoms with Gasteiger partial charge in [0.2, 0.25) is 0 Å². The predicted molar refractivity (Wildman–Crippen MR) is 72.2 cm³/mol. The number of amides is 1. The van der Waals surface area contributed by atoms with Gasteiger partial charge in [0.25, 0.3) is 5.91 Å². The largest absolute Gasteiger partial charge is 0.377 e. The average molecular weight is 272 g/mol. The Bertz CT molecular complexity index is 412. The molecule has 0 bridgehead atoms. The van der Waals surface area contributed by atoms with Gasteiger partial charge in [0.05, 0.1) is 6.10 Å². The third kappa shape index (κ3) is 4.50. The van der Waals surface area contributed by atoms with E-state index in [1.165, 1.54) is 6.07 Å². The molecule has 5 nitrogen and oxygen atoms in total. The molecular weight excluding hydrogens is 254 g/mol. The molecule has 2 N–H and O–H groups in total. The molecule has 100 valence electrons. The van der Waals surface area contributed by atoms with Crippen LogP contribution in [0.2, 0.25) is 5.15 Å². The number of carbonyl (C=O) groups is 1. The first-order chi connectivity index (χ1) is 8.56. The summed E-state index contributed by atoms with van der Waals surface area (Å²) in [6, 6.07) is 3.18. The van der Waals surface area contributed by atoms with Crippen LogP contribution in [0.3, 0.4) is 0 Å². The van der Waals surface area contributed by atoms with Crippen molar-refractivity contribution >= 4 is 23.3 Å². The van der Waals surface area contributed by atoms with Crippen LogP contribution < -0.4 is 10.6 Å². The third-order valence-electron chi connectivity index (χ3n) is 2.31. The number of carbonyl (C=O) groups excluding carboxylic acids is 1. The van der Waals surface area contributed by atoms with Gasteiger partial charge in [0, 0.05) is 25.8 Å². The molecule has 18 heavy (non-hydrogen) atoms. The number of anilines is 1. The molecule has 0 saturated carbocycles. The second-order valence-electron chi connectivity index (χ2n) is 3.79. The summed E-state index contributed by atoms with van der Waals surface area (Å²) in [4.78, 5) is 15.9. The van der Waals surface area contributed by atoms with Gasteiger partial charge in [0.15, 0.2) is 0 Å². The van der Waals surface area contributed by atoms with Crippen LogP contribution in [0.1, 0.15) is 24.2 Å². The topological polar surface area (TPSA) is 63.2 Å². The molecule has 0 fully saturated rings. The van der Waals surface area contributed by atoms with Crippen molar-refractivity contribution in [3.8, 4) is 0 Å². The fourth-order valence-electron chi connectivity index (χ4n) is 1.44.